The summed E-state index contributed by atoms with van der Waals surface area (Å²) in [6, 6.07) is 10.5. The van der Waals surface area contributed by atoms with Gasteiger partial charge in [-0.2, -0.15) is 5.26 Å². The highest BCUT2D eigenvalue weighted by Gasteiger charge is 2.35. The number of nitrogens with zero attached hydrogens (tertiary/aromatic N) is 2. The molecule has 5 heteroatoms. The minimum Gasteiger partial charge on any atom is -0.420 e. The van der Waals surface area contributed by atoms with Crippen LogP contribution in [0.1, 0.15) is 55.0 Å². The average molecular weight is 308 g/mol. The van der Waals surface area contributed by atoms with Crippen molar-refractivity contribution in [2.24, 2.45) is 5.73 Å². The Hall–Kier alpha value is -2.74. The van der Waals surface area contributed by atoms with Crippen molar-refractivity contribution in [1.29, 1.82) is 5.26 Å². The van der Waals surface area contributed by atoms with Crippen LogP contribution in [0.5, 0.6) is 5.88 Å². The molecule has 0 amide bonds. The van der Waals surface area contributed by atoms with Crippen molar-refractivity contribution < 1.29 is 4.74 Å². The number of hydrogen-bond acceptors (Lipinski definition) is 4. The average Bonchev–Trinajstić information content (AvgIpc) is 2.97. The third kappa shape index (κ3) is 2.46. The second-order valence-corrected chi connectivity index (χ2v) is 6.03. The zero-order chi connectivity index (χ0) is 16.6. The summed E-state index contributed by atoms with van der Waals surface area (Å²) >= 11 is 0. The highest BCUT2D eigenvalue weighted by Crippen LogP contribution is 2.44. The smallest absolute Gasteiger partial charge is 0.244 e. The molecule has 1 atom stereocenters. The van der Waals surface area contributed by atoms with Gasteiger partial charge < -0.3 is 10.5 Å². The summed E-state index contributed by atoms with van der Waals surface area (Å²) in [5.41, 5.74) is 10.6. The van der Waals surface area contributed by atoms with Crippen LogP contribution in [0.25, 0.3) is 0 Å². The van der Waals surface area contributed by atoms with Crippen LogP contribution in [0.15, 0.2) is 35.7 Å². The quantitative estimate of drug-likeness (QED) is 0.910. The molecule has 0 unspecified atom stereocenters. The summed E-state index contributed by atoms with van der Waals surface area (Å²) in [7, 11) is 0. The van der Waals surface area contributed by atoms with E-state index in [9.17, 15) is 5.26 Å². The Morgan fingerprint density at radius 1 is 1.35 bits per heavy atom. The molecule has 1 aliphatic heterocycles. The molecule has 0 saturated carbocycles. The normalized spacial score (nSPS) is 16.9. The molecule has 118 valence electrons. The van der Waals surface area contributed by atoms with Gasteiger partial charge in [0.25, 0.3) is 0 Å². The number of aryl methyl sites for hydroxylation is 1. The highest BCUT2D eigenvalue weighted by molar-refractivity contribution is 5.55. The number of aromatic amines is 1. The monoisotopic (exact) mass is 308 g/mol. The summed E-state index contributed by atoms with van der Waals surface area (Å²) in [4.78, 5) is 0. The van der Waals surface area contributed by atoms with Gasteiger partial charge >= 0.3 is 0 Å². The Balaban J connectivity index is 2.19. The Bertz CT molecular complexity index is 793. The molecule has 1 aliphatic rings. The predicted molar refractivity (Wildman–Crippen MR) is 87.8 cm³/mol. The van der Waals surface area contributed by atoms with Gasteiger partial charge in [-0.3, -0.25) is 5.10 Å². The Morgan fingerprint density at radius 2 is 2.04 bits per heavy atom. The molecular weight excluding hydrogens is 288 g/mol. The number of ether oxygens (including phenoxy) is 1. The number of aromatic nitrogens is 2. The van der Waals surface area contributed by atoms with Crippen LogP contribution >= 0.6 is 0 Å². The summed E-state index contributed by atoms with van der Waals surface area (Å²) < 4.78 is 5.56. The molecule has 0 bridgehead atoms. The van der Waals surface area contributed by atoms with E-state index in [1.807, 2.05) is 0 Å². The van der Waals surface area contributed by atoms with Gasteiger partial charge in [-0.15, -0.1) is 5.10 Å². The molecule has 0 saturated heterocycles. The van der Waals surface area contributed by atoms with E-state index in [1.165, 1.54) is 5.56 Å². The molecule has 1 aromatic heterocycles. The Labute approximate surface area is 135 Å². The molecule has 3 N–H and O–H groups in total. The third-order valence-electron chi connectivity index (χ3n) is 4.27. The lowest BCUT2D eigenvalue weighted by atomic mass is 9.82. The van der Waals surface area contributed by atoms with E-state index >= 15 is 0 Å². The summed E-state index contributed by atoms with van der Waals surface area (Å²) in [6.07, 6.45) is 0.978. The number of allylic oxidation sites excluding steroid dienone is 1. The van der Waals surface area contributed by atoms with E-state index in [1.54, 1.807) is 0 Å². The van der Waals surface area contributed by atoms with Crippen molar-refractivity contribution in [3.63, 3.8) is 0 Å². The zero-order valence-electron chi connectivity index (χ0n) is 13.6. The molecule has 0 fully saturated rings. The zero-order valence-corrected chi connectivity index (χ0v) is 13.6. The minimum atomic E-state index is -0.245. The molecule has 3 rings (SSSR count). The number of hydrogen-bond donors (Lipinski definition) is 2. The number of nitriles is 1. The van der Waals surface area contributed by atoms with Crippen LogP contribution in [0.2, 0.25) is 0 Å². The summed E-state index contributed by atoms with van der Waals surface area (Å²) in [5.74, 6) is 0.596. The van der Waals surface area contributed by atoms with Gasteiger partial charge in [0, 0.05) is 5.69 Å². The molecule has 1 aromatic carbocycles. The van der Waals surface area contributed by atoms with Crippen LogP contribution in [-0.4, -0.2) is 10.2 Å². The van der Waals surface area contributed by atoms with Crippen molar-refractivity contribution in [2.45, 2.75) is 39.0 Å². The van der Waals surface area contributed by atoms with Crippen LogP contribution < -0.4 is 10.5 Å². The van der Waals surface area contributed by atoms with Gasteiger partial charge in [0.2, 0.25) is 11.8 Å². The van der Waals surface area contributed by atoms with Gasteiger partial charge in [-0.05, 0) is 23.5 Å². The number of nitrogens with two attached hydrogens (primary N) is 1. The highest BCUT2D eigenvalue weighted by atomic mass is 16.5. The number of rotatable bonds is 3. The molecule has 0 aliphatic carbocycles. The Morgan fingerprint density at radius 3 is 2.61 bits per heavy atom. The fraction of sp³-hybridized carbons (Fsp3) is 0.333. The van der Waals surface area contributed by atoms with Gasteiger partial charge in [0.15, 0.2) is 0 Å². The van der Waals surface area contributed by atoms with E-state index in [4.69, 9.17) is 10.5 Å². The SMILES string of the molecule is CCc1ccc([C@H]2C(C#N)=C(N)Oc3n[nH]c(C(C)C)c32)cc1. The topological polar surface area (TPSA) is 87.7 Å². The maximum atomic E-state index is 9.59. The van der Waals surface area contributed by atoms with Crippen LogP contribution in [-0.2, 0) is 6.42 Å². The number of fused-ring (bicyclic) bond motifs is 1. The van der Waals surface area contributed by atoms with Crippen LogP contribution in [0.4, 0.5) is 0 Å². The molecule has 0 spiro atoms. The summed E-state index contributed by atoms with van der Waals surface area (Å²) in [5, 5.41) is 16.9. The summed E-state index contributed by atoms with van der Waals surface area (Å²) in [6.45, 7) is 6.28. The van der Waals surface area contributed by atoms with Crippen molar-refractivity contribution in [2.75, 3.05) is 0 Å². The first-order valence-electron chi connectivity index (χ1n) is 7.81. The van der Waals surface area contributed by atoms with Gasteiger partial charge in [-0.25, -0.2) is 0 Å². The first kappa shape index (κ1) is 15.2. The first-order chi connectivity index (χ1) is 11.1. The van der Waals surface area contributed by atoms with Crippen LogP contribution in [0.3, 0.4) is 0 Å². The molecule has 5 nitrogen and oxygen atoms in total. The lowest BCUT2D eigenvalue weighted by Gasteiger charge is -2.24. The largest absolute Gasteiger partial charge is 0.420 e. The first-order valence-corrected chi connectivity index (χ1v) is 7.81. The predicted octanol–water partition coefficient (Wildman–Crippen LogP) is 3.31. The lowest BCUT2D eigenvalue weighted by molar-refractivity contribution is 0.378. The molecule has 2 aromatic rings. The number of benzene rings is 1. The second kappa shape index (κ2) is 5.81. The van der Waals surface area contributed by atoms with E-state index in [2.05, 4.69) is 61.3 Å². The molecule has 2 heterocycles. The second-order valence-electron chi connectivity index (χ2n) is 6.03. The maximum Gasteiger partial charge on any atom is 0.244 e. The van der Waals surface area contributed by atoms with Crippen LogP contribution in [0, 0.1) is 11.3 Å². The number of H-pyrrole nitrogens is 1. The van der Waals surface area contributed by atoms with E-state index in [0.29, 0.717) is 11.5 Å². The fourth-order valence-corrected chi connectivity index (χ4v) is 2.99. The van der Waals surface area contributed by atoms with E-state index < -0.39 is 0 Å². The molecule has 23 heavy (non-hydrogen) atoms. The van der Waals surface area contributed by atoms with E-state index in [0.717, 1.165) is 23.2 Å². The Kier molecular flexibility index (Phi) is 3.83. The van der Waals surface area contributed by atoms with Gasteiger partial charge in [0.1, 0.15) is 11.6 Å². The van der Waals surface area contributed by atoms with E-state index in [-0.39, 0.29) is 17.7 Å². The minimum absolute atomic E-state index is 0.131. The van der Waals surface area contributed by atoms with Crippen molar-refractivity contribution in [1.82, 2.24) is 10.2 Å². The van der Waals surface area contributed by atoms with Crippen molar-refractivity contribution >= 4 is 0 Å². The van der Waals surface area contributed by atoms with Crippen molar-refractivity contribution in [3.8, 4) is 11.9 Å². The third-order valence-corrected chi connectivity index (χ3v) is 4.27. The van der Waals surface area contributed by atoms with Crippen molar-refractivity contribution in [3.05, 3.63) is 58.1 Å². The molecular formula is C18H20N4O. The van der Waals surface area contributed by atoms with Gasteiger partial charge in [0.05, 0.1) is 11.5 Å². The lowest BCUT2D eigenvalue weighted by Crippen LogP contribution is -2.21. The standard InChI is InChI=1S/C18H20N4O/c1-4-11-5-7-12(8-6-11)14-13(9-19)17(20)23-18-15(14)16(10(2)3)21-22-18/h5-8,10,14H,4,20H2,1-3H3,(H,21,22)/t14-/m0/s1. The van der Waals surface area contributed by atoms with Gasteiger partial charge in [-0.1, -0.05) is 45.0 Å². The maximum absolute atomic E-state index is 9.59. The number of nitrogens with one attached hydrogen (secondary N) is 1. The molecule has 0 radical (unpaired) electrons. The fourth-order valence-electron chi connectivity index (χ4n) is 2.99.